The fraction of sp³-hybridized carbons (Fsp3) is 0.0833. The van der Waals surface area contributed by atoms with Crippen LogP contribution in [0, 0.1) is 0 Å². The van der Waals surface area contributed by atoms with Crippen LogP contribution < -0.4 is 5.32 Å². The van der Waals surface area contributed by atoms with Gasteiger partial charge in [0.15, 0.2) is 6.17 Å². The largest absolute Gasteiger partial charge is 0.324 e. The van der Waals surface area contributed by atoms with Gasteiger partial charge in [0.25, 0.3) is 0 Å². The number of rotatable bonds is 6. The maximum Gasteiger partial charge on any atom is 0.169 e. The van der Waals surface area contributed by atoms with Gasteiger partial charge in [0, 0.05) is 16.5 Å². The van der Waals surface area contributed by atoms with E-state index in [0.29, 0.717) is 0 Å². The molecule has 0 aromatic heterocycles. The number of aliphatic imine (C=N–C) groups is 2. The van der Waals surface area contributed by atoms with E-state index in [9.17, 15) is 0 Å². The molecule has 0 saturated carbocycles. The van der Waals surface area contributed by atoms with Crippen LogP contribution in [0.1, 0.15) is 47.8 Å². The predicted molar refractivity (Wildman–Crippen MR) is 212 cm³/mol. The van der Waals surface area contributed by atoms with Crippen molar-refractivity contribution in [2.45, 2.75) is 25.4 Å². The number of fused-ring (bicyclic) bond motifs is 3. The maximum absolute atomic E-state index is 5.21. The molecule has 0 radical (unpaired) electrons. The van der Waals surface area contributed by atoms with Crippen LogP contribution in [0.2, 0.25) is 0 Å². The fourth-order valence-electron chi connectivity index (χ4n) is 7.61. The first-order valence-corrected chi connectivity index (χ1v) is 17.6. The zero-order chi connectivity index (χ0) is 34.4. The number of hydrogen-bond acceptors (Lipinski definition) is 3. The topological polar surface area (TPSA) is 36.8 Å². The molecular formula is C48H37N3. The molecule has 0 saturated heterocycles. The van der Waals surface area contributed by atoms with Crippen molar-refractivity contribution in [2.75, 3.05) is 0 Å². The summed E-state index contributed by atoms with van der Waals surface area (Å²) < 4.78 is 0. The highest BCUT2D eigenvalue weighted by Crippen LogP contribution is 2.49. The summed E-state index contributed by atoms with van der Waals surface area (Å²) in [6.07, 6.45) is -0.402. The molecule has 0 amide bonds. The molecule has 51 heavy (non-hydrogen) atoms. The van der Waals surface area contributed by atoms with Crippen LogP contribution in [0.3, 0.4) is 0 Å². The summed E-state index contributed by atoms with van der Waals surface area (Å²) in [6, 6.07) is 62.7. The van der Waals surface area contributed by atoms with Gasteiger partial charge in [-0.05, 0) is 85.5 Å². The van der Waals surface area contributed by atoms with Gasteiger partial charge in [0.05, 0.1) is 0 Å². The van der Waals surface area contributed by atoms with E-state index >= 15 is 0 Å². The van der Waals surface area contributed by atoms with E-state index < -0.39 is 6.17 Å². The molecule has 1 aliphatic heterocycles. The Morgan fingerprint density at radius 1 is 0.392 bits per heavy atom. The summed E-state index contributed by atoms with van der Waals surface area (Å²) in [4.78, 5) is 10.4. The van der Waals surface area contributed by atoms with Crippen molar-refractivity contribution >= 4 is 11.7 Å². The minimum absolute atomic E-state index is 0.0376. The third-order valence-corrected chi connectivity index (χ3v) is 10.3. The van der Waals surface area contributed by atoms with Gasteiger partial charge < -0.3 is 5.32 Å². The Kier molecular flexibility index (Phi) is 7.55. The van der Waals surface area contributed by atoms with Crippen LogP contribution in [0.25, 0.3) is 44.5 Å². The van der Waals surface area contributed by atoms with Crippen molar-refractivity contribution in [1.82, 2.24) is 5.32 Å². The zero-order valence-corrected chi connectivity index (χ0v) is 28.7. The Balaban J connectivity index is 1.07. The summed E-state index contributed by atoms with van der Waals surface area (Å²) in [7, 11) is 0. The van der Waals surface area contributed by atoms with E-state index in [1.165, 1.54) is 44.5 Å². The normalized spacial score (nSPS) is 15.6. The first-order chi connectivity index (χ1) is 25.0. The standard InChI is InChI=1S/C48H37N3/c1-48(2)43-25-10-9-24-41(43)42-27-26-38(31-44(42)48)36-20-11-19-35(28-36)37-21-13-23-40(30-37)47-50-45(33-16-7-4-8-17-33)49-46(51-47)39-22-12-18-34(29-39)32-14-5-3-6-15-32/h3-31,47H,1-2H3,(H,49,50,51). The molecule has 1 unspecified atom stereocenters. The SMILES string of the molecule is CC1(C)c2ccccc2-c2ccc(-c3cccc(-c4cccc(C5N=C(c6ccccc6)NC(c6cccc(-c7ccccc7)c6)=N5)c4)c3)cc21. The lowest BCUT2D eigenvalue weighted by atomic mass is 9.81. The summed E-state index contributed by atoms with van der Waals surface area (Å²) in [5, 5.41) is 3.57. The quantitative estimate of drug-likeness (QED) is 0.190. The molecule has 244 valence electrons. The van der Waals surface area contributed by atoms with E-state index in [1.807, 2.05) is 24.3 Å². The fourth-order valence-corrected chi connectivity index (χ4v) is 7.61. The summed E-state index contributed by atoms with van der Waals surface area (Å²) in [5.41, 5.74) is 15.6. The molecule has 1 atom stereocenters. The summed E-state index contributed by atoms with van der Waals surface area (Å²) >= 11 is 0. The zero-order valence-electron chi connectivity index (χ0n) is 28.7. The van der Waals surface area contributed by atoms with Gasteiger partial charge in [0.1, 0.15) is 11.7 Å². The van der Waals surface area contributed by atoms with Crippen molar-refractivity contribution < 1.29 is 0 Å². The molecule has 0 fully saturated rings. The van der Waals surface area contributed by atoms with Crippen LogP contribution in [0.5, 0.6) is 0 Å². The predicted octanol–water partition coefficient (Wildman–Crippen LogP) is 11.5. The molecule has 3 heteroatoms. The smallest absolute Gasteiger partial charge is 0.169 e. The van der Waals surface area contributed by atoms with Crippen molar-refractivity contribution in [1.29, 1.82) is 0 Å². The second kappa shape index (κ2) is 12.5. The van der Waals surface area contributed by atoms with E-state index in [-0.39, 0.29) is 5.41 Å². The molecule has 7 aromatic rings. The second-order valence-electron chi connectivity index (χ2n) is 13.9. The van der Waals surface area contributed by atoms with Gasteiger partial charge in [-0.3, -0.25) is 0 Å². The van der Waals surface area contributed by atoms with Gasteiger partial charge in [-0.2, -0.15) is 0 Å². The van der Waals surface area contributed by atoms with Gasteiger partial charge in [-0.15, -0.1) is 0 Å². The lowest BCUT2D eigenvalue weighted by molar-refractivity contribution is 0.660. The number of nitrogens with zero attached hydrogens (tertiary/aromatic N) is 2. The number of benzene rings is 7. The van der Waals surface area contributed by atoms with Crippen LogP contribution >= 0.6 is 0 Å². The molecule has 7 aromatic carbocycles. The lowest BCUT2D eigenvalue weighted by Gasteiger charge is -2.23. The monoisotopic (exact) mass is 655 g/mol. The average Bonchev–Trinajstić information content (AvgIpc) is 3.44. The van der Waals surface area contributed by atoms with Crippen molar-refractivity contribution in [3.05, 3.63) is 204 Å². The highest BCUT2D eigenvalue weighted by molar-refractivity contribution is 6.16. The van der Waals surface area contributed by atoms with E-state index in [0.717, 1.165) is 39.5 Å². The molecule has 1 N–H and O–H groups in total. The Bertz CT molecular complexity index is 2470. The number of hydrogen-bond donors (Lipinski definition) is 1. The Morgan fingerprint density at radius 2 is 0.882 bits per heavy atom. The Hall–Kier alpha value is -6.32. The van der Waals surface area contributed by atoms with Crippen molar-refractivity contribution in [3.63, 3.8) is 0 Å². The van der Waals surface area contributed by atoms with Gasteiger partial charge in [-0.1, -0.05) is 166 Å². The molecule has 0 bridgehead atoms. The van der Waals surface area contributed by atoms with Crippen molar-refractivity contribution in [3.8, 4) is 44.5 Å². The van der Waals surface area contributed by atoms with Crippen LogP contribution in [0.15, 0.2) is 186 Å². The van der Waals surface area contributed by atoms with Crippen molar-refractivity contribution in [2.24, 2.45) is 9.98 Å². The molecule has 2 aliphatic rings. The lowest BCUT2D eigenvalue weighted by Crippen LogP contribution is -2.36. The maximum atomic E-state index is 5.21. The first-order valence-electron chi connectivity index (χ1n) is 17.6. The highest BCUT2D eigenvalue weighted by atomic mass is 15.2. The molecular weight excluding hydrogens is 619 g/mol. The first kappa shape index (κ1) is 30.7. The summed E-state index contributed by atoms with van der Waals surface area (Å²) in [6.45, 7) is 4.67. The number of amidine groups is 2. The minimum atomic E-state index is -0.402. The van der Waals surface area contributed by atoms with E-state index in [2.05, 4.69) is 171 Å². The Labute approximate surface area is 299 Å². The third-order valence-electron chi connectivity index (χ3n) is 10.3. The van der Waals surface area contributed by atoms with Gasteiger partial charge in [-0.25, -0.2) is 9.98 Å². The summed E-state index contributed by atoms with van der Waals surface area (Å²) in [5.74, 6) is 1.62. The molecule has 0 spiro atoms. The average molecular weight is 656 g/mol. The third kappa shape index (κ3) is 5.67. The second-order valence-corrected chi connectivity index (χ2v) is 13.9. The van der Waals surface area contributed by atoms with Crippen LogP contribution in [-0.2, 0) is 5.41 Å². The molecule has 1 heterocycles. The van der Waals surface area contributed by atoms with Crippen LogP contribution in [-0.4, -0.2) is 11.7 Å². The number of nitrogens with one attached hydrogen (secondary N) is 1. The highest BCUT2D eigenvalue weighted by Gasteiger charge is 2.35. The van der Waals surface area contributed by atoms with Crippen LogP contribution in [0.4, 0.5) is 0 Å². The Morgan fingerprint density at radius 3 is 1.61 bits per heavy atom. The molecule has 1 aliphatic carbocycles. The molecule has 3 nitrogen and oxygen atoms in total. The van der Waals surface area contributed by atoms with E-state index in [4.69, 9.17) is 9.98 Å². The van der Waals surface area contributed by atoms with Gasteiger partial charge >= 0.3 is 0 Å². The molecule has 9 rings (SSSR count). The van der Waals surface area contributed by atoms with Gasteiger partial charge in [0.2, 0.25) is 0 Å². The van der Waals surface area contributed by atoms with E-state index in [1.54, 1.807) is 0 Å². The minimum Gasteiger partial charge on any atom is -0.324 e.